The Balaban J connectivity index is 1.97. The van der Waals surface area contributed by atoms with Crippen molar-refractivity contribution in [1.29, 1.82) is 0 Å². The van der Waals surface area contributed by atoms with E-state index in [0.717, 1.165) is 0 Å². The number of benzene rings is 1. The lowest BCUT2D eigenvalue weighted by Gasteiger charge is -2.06. The van der Waals surface area contributed by atoms with Gasteiger partial charge >= 0.3 is 0 Å². The highest BCUT2D eigenvalue weighted by Gasteiger charge is 2.14. The molecule has 0 saturated carbocycles. The van der Waals surface area contributed by atoms with E-state index in [1.165, 1.54) is 6.33 Å². The third-order valence-corrected chi connectivity index (χ3v) is 2.69. The second-order valence-corrected chi connectivity index (χ2v) is 4.12. The molecule has 2 aromatic rings. The fourth-order valence-corrected chi connectivity index (χ4v) is 1.61. The van der Waals surface area contributed by atoms with Gasteiger partial charge in [-0.3, -0.25) is 4.79 Å². The molecule has 0 fully saturated rings. The number of aromatic nitrogens is 3. The lowest BCUT2D eigenvalue weighted by atomic mass is 10.2. The van der Waals surface area contributed by atoms with E-state index in [1.54, 1.807) is 11.6 Å². The molecule has 0 atom stereocenters. The van der Waals surface area contributed by atoms with Crippen LogP contribution in [0.5, 0.6) is 0 Å². The number of nitrogens with zero attached hydrogens (tertiary/aromatic N) is 3. The number of aryl methyl sites for hydroxylation is 1. The lowest BCUT2D eigenvalue weighted by molar-refractivity contribution is 0.0952. The van der Waals surface area contributed by atoms with Crippen LogP contribution >= 0.6 is 0 Å². The Hall–Kier alpha value is -2.38. The topological polar surface area (TPSA) is 59.8 Å². The number of nitrogens with one attached hydrogen (secondary N) is 1. The normalized spacial score (nSPS) is 10.6. The van der Waals surface area contributed by atoms with Crippen molar-refractivity contribution in [3.63, 3.8) is 0 Å². The third kappa shape index (κ3) is 2.95. The average Bonchev–Trinajstić information content (AvgIpc) is 2.81. The van der Waals surface area contributed by atoms with Crippen LogP contribution in [0.4, 0.5) is 13.2 Å². The highest BCUT2D eigenvalue weighted by Crippen LogP contribution is 2.13. The van der Waals surface area contributed by atoms with E-state index in [9.17, 15) is 18.0 Å². The molecule has 0 unspecified atom stereocenters. The maximum absolute atomic E-state index is 13.0. The molecular formula is C12H11F3N4O. The van der Waals surface area contributed by atoms with Crippen LogP contribution in [0.2, 0.25) is 0 Å². The number of halogens is 3. The Morgan fingerprint density at radius 3 is 2.50 bits per heavy atom. The van der Waals surface area contributed by atoms with Gasteiger partial charge in [0, 0.05) is 25.6 Å². The Labute approximate surface area is 112 Å². The van der Waals surface area contributed by atoms with E-state index >= 15 is 0 Å². The summed E-state index contributed by atoms with van der Waals surface area (Å²) in [5.74, 6) is -4.43. The fraction of sp³-hybridized carbons (Fsp3) is 0.250. The Kier molecular flexibility index (Phi) is 4.02. The molecule has 0 radical (unpaired) electrons. The maximum Gasteiger partial charge on any atom is 0.251 e. The standard InChI is InChI=1S/C12H11F3N4O/c1-19-6-17-18-10(19)2-3-16-12(20)7-4-8(13)11(15)9(14)5-7/h4-6H,2-3H2,1H3,(H,16,20). The van der Waals surface area contributed by atoms with Gasteiger partial charge < -0.3 is 9.88 Å². The van der Waals surface area contributed by atoms with Gasteiger partial charge in [-0.05, 0) is 12.1 Å². The van der Waals surface area contributed by atoms with Crippen molar-refractivity contribution in [3.8, 4) is 0 Å². The molecular weight excluding hydrogens is 273 g/mol. The zero-order valence-electron chi connectivity index (χ0n) is 10.5. The predicted molar refractivity (Wildman–Crippen MR) is 63.4 cm³/mol. The number of hydrogen-bond acceptors (Lipinski definition) is 3. The molecule has 1 heterocycles. The van der Waals surface area contributed by atoms with Crippen LogP contribution in [-0.2, 0) is 13.5 Å². The van der Waals surface area contributed by atoms with E-state index in [4.69, 9.17) is 0 Å². The molecule has 0 aliphatic heterocycles. The minimum Gasteiger partial charge on any atom is -0.352 e. The van der Waals surface area contributed by atoms with Gasteiger partial charge in [-0.15, -0.1) is 10.2 Å². The van der Waals surface area contributed by atoms with Crippen LogP contribution in [0.25, 0.3) is 0 Å². The molecule has 2 rings (SSSR count). The van der Waals surface area contributed by atoms with Crippen molar-refractivity contribution < 1.29 is 18.0 Å². The summed E-state index contributed by atoms with van der Waals surface area (Å²) in [6, 6.07) is 1.30. The summed E-state index contributed by atoms with van der Waals surface area (Å²) in [5.41, 5.74) is -0.278. The van der Waals surface area contributed by atoms with E-state index in [1.807, 2.05) is 0 Å². The summed E-state index contributed by atoms with van der Waals surface area (Å²) in [6.07, 6.45) is 1.93. The number of hydrogen-bond donors (Lipinski definition) is 1. The van der Waals surface area contributed by atoms with Crippen molar-refractivity contribution in [1.82, 2.24) is 20.1 Å². The van der Waals surface area contributed by atoms with E-state index < -0.39 is 23.4 Å². The largest absolute Gasteiger partial charge is 0.352 e. The van der Waals surface area contributed by atoms with Crippen molar-refractivity contribution in [2.45, 2.75) is 6.42 Å². The van der Waals surface area contributed by atoms with Crippen LogP contribution in [0.3, 0.4) is 0 Å². The molecule has 0 aliphatic rings. The van der Waals surface area contributed by atoms with Crippen LogP contribution in [0.1, 0.15) is 16.2 Å². The van der Waals surface area contributed by atoms with Gasteiger partial charge in [0.25, 0.3) is 5.91 Å². The summed E-state index contributed by atoms with van der Waals surface area (Å²) in [7, 11) is 1.75. The zero-order valence-corrected chi connectivity index (χ0v) is 10.5. The minimum absolute atomic E-state index is 0.214. The Morgan fingerprint density at radius 1 is 1.30 bits per heavy atom. The molecule has 0 saturated heterocycles. The summed E-state index contributed by atoms with van der Waals surface area (Å²) < 4.78 is 40.4. The quantitative estimate of drug-likeness (QED) is 0.858. The number of rotatable bonds is 4. The van der Waals surface area contributed by atoms with Crippen LogP contribution < -0.4 is 5.32 Å². The fourth-order valence-electron chi connectivity index (χ4n) is 1.61. The molecule has 0 spiro atoms. The number of carbonyl (C=O) groups excluding carboxylic acids is 1. The van der Waals surface area contributed by atoms with E-state index in [2.05, 4.69) is 15.5 Å². The first-order valence-electron chi connectivity index (χ1n) is 5.74. The zero-order chi connectivity index (χ0) is 14.7. The first-order valence-corrected chi connectivity index (χ1v) is 5.74. The van der Waals surface area contributed by atoms with Gasteiger partial charge in [0.2, 0.25) is 0 Å². The van der Waals surface area contributed by atoms with Crippen LogP contribution in [0.15, 0.2) is 18.5 Å². The number of amides is 1. The van der Waals surface area contributed by atoms with Crippen molar-refractivity contribution in [2.24, 2.45) is 7.05 Å². The number of carbonyl (C=O) groups is 1. The Morgan fingerprint density at radius 2 is 1.95 bits per heavy atom. The first kappa shape index (κ1) is 14.0. The monoisotopic (exact) mass is 284 g/mol. The maximum atomic E-state index is 13.0. The second kappa shape index (κ2) is 5.72. The molecule has 1 aromatic carbocycles. The van der Waals surface area contributed by atoms with Crippen molar-refractivity contribution in [3.05, 3.63) is 47.3 Å². The molecule has 20 heavy (non-hydrogen) atoms. The summed E-state index contributed by atoms with van der Waals surface area (Å²) in [5, 5.41) is 9.95. The van der Waals surface area contributed by atoms with E-state index in [-0.39, 0.29) is 12.1 Å². The summed E-state index contributed by atoms with van der Waals surface area (Å²) >= 11 is 0. The third-order valence-electron chi connectivity index (χ3n) is 2.69. The molecule has 0 aliphatic carbocycles. The minimum atomic E-state index is -1.60. The Bertz CT molecular complexity index is 618. The SMILES string of the molecule is Cn1cnnc1CCNC(=O)c1cc(F)c(F)c(F)c1. The molecule has 0 bridgehead atoms. The molecule has 106 valence electrons. The summed E-state index contributed by atoms with van der Waals surface area (Å²) in [4.78, 5) is 11.7. The molecule has 1 aromatic heterocycles. The second-order valence-electron chi connectivity index (χ2n) is 4.12. The van der Waals surface area contributed by atoms with Crippen molar-refractivity contribution in [2.75, 3.05) is 6.54 Å². The molecule has 8 heteroatoms. The first-order chi connectivity index (χ1) is 9.49. The molecule has 5 nitrogen and oxygen atoms in total. The average molecular weight is 284 g/mol. The molecule has 1 N–H and O–H groups in total. The highest BCUT2D eigenvalue weighted by molar-refractivity contribution is 5.94. The van der Waals surface area contributed by atoms with Crippen LogP contribution in [0, 0.1) is 17.5 Å². The van der Waals surface area contributed by atoms with Gasteiger partial charge in [-0.2, -0.15) is 0 Å². The van der Waals surface area contributed by atoms with Gasteiger partial charge in [0.05, 0.1) is 0 Å². The van der Waals surface area contributed by atoms with Gasteiger partial charge in [-0.25, -0.2) is 13.2 Å². The highest BCUT2D eigenvalue weighted by atomic mass is 19.2. The van der Waals surface area contributed by atoms with Gasteiger partial charge in [0.1, 0.15) is 12.2 Å². The lowest BCUT2D eigenvalue weighted by Crippen LogP contribution is -2.26. The van der Waals surface area contributed by atoms with E-state index in [0.29, 0.717) is 24.4 Å². The summed E-state index contributed by atoms with van der Waals surface area (Å²) in [6.45, 7) is 0.214. The van der Waals surface area contributed by atoms with Crippen molar-refractivity contribution >= 4 is 5.91 Å². The molecule has 1 amide bonds. The smallest absolute Gasteiger partial charge is 0.251 e. The van der Waals surface area contributed by atoms with Gasteiger partial charge in [-0.1, -0.05) is 0 Å². The van der Waals surface area contributed by atoms with Crippen LogP contribution in [-0.4, -0.2) is 27.2 Å². The predicted octanol–water partition coefficient (Wildman–Crippen LogP) is 1.20. The van der Waals surface area contributed by atoms with Gasteiger partial charge in [0.15, 0.2) is 17.5 Å².